The SMILES string of the molecule is c1ccc(P(c2ccccc2)c2ccc(CCCCSCCCCc3ccc(P(c4ccccc4)c4ccccc4)cc3)cc2)cc1. The summed E-state index contributed by atoms with van der Waals surface area (Å²) in [5.41, 5.74) is 2.92. The number of aryl methyl sites for hydroxylation is 2. The molecule has 0 spiro atoms. The predicted octanol–water partition coefficient (Wildman–Crippen LogP) is 9.28. The summed E-state index contributed by atoms with van der Waals surface area (Å²) >= 11 is 2.13. The lowest BCUT2D eigenvalue weighted by Gasteiger charge is -2.19. The van der Waals surface area contributed by atoms with Crippen molar-refractivity contribution in [3.63, 3.8) is 0 Å². The second kappa shape index (κ2) is 18.2. The quantitative estimate of drug-likeness (QED) is 0.0733. The first-order valence-electron chi connectivity index (χ1n) is 16.9. The molecular formula is C44H44P2S. The van der Waals surface area contributed by atoms with Gasteiger partial charge in [0.2, 0.25) is 0 Å². The van der Waals surface area contributed by atoms with E-state index in [0.29, 0.717) is 0 Å². The molecule has 0 aliphatic carbocycles. The van der Waals surface area contributed by atoms with Crippen molar-refractivity contribution in [2.24, 2.45) is 0 Å². The molecule has 6 aromatic carbocycles. The summed E-state index contributed by atoms with van der Waals surface area (Å²) in [4.78, 5) is 0. The first kappa shape index (κ1) is 33.4. The Morgan fingerprint density at radius 1 is 0.298 bits per heavy atom. The van der Waals surface area contributed by atoms with Crippen molar-refractivity contribution >= 4 is 59.4 Å². The Balaban J connectivity index is 0.899. The third-order valence-corrected chi connectivity index (χ3v) is 14.5. The molecule has 0 N–H and O–H groups in total. The van der Waals surface area contributed by atoms with Crippen LogP contribution in [-0.2, 0) is 12.8 Å². The van der Waals surface area contributed by atoms with Gasteiger partial charge in [-0.3, -0.25) is 0 Å². The lowest BCUT2D eigenvalue weighted by molar-refractivity contribution is 0.791. The Hall–Kier alpha value is -3.47. The molecule has 0 nitrogen and oxygen atoms in total. The van der Waals surface area contributed by atoms with Gasteiger partial charge in [-0.25, -0.2) is 0 Å². The van der Waals surface area contributed by atoms with Gasteiger partial charge >= 0.3 is 0 Å². The van der Waals surface area contributed by atoms with Crippen LogP contribution in [0, 0.1) is 0 Å². The average molecular weight is 667 g/mol. The van der Waals surface area contributed by atoms with E-state index in [1.165, 1.54) is 93.0 Å². The molecule has 0 saturated carbocycles. The van der Waals surface area contributed by atoms with E-state index in [-0.39, 0.29) is 0 Å². The number of hydrogen-bond acceptors (Lipinski definition) is 1. The van der Waals surface area contributed by atoms with Crippen molar-refractivity contribution in [1.29, 1.82) is 0 Å². The summed E-state index contributed by atoms with van der Waals surface area (Å²) in [6, 6.07) is 62.8. The highest BCUT2D eigenvalue weighted by molar-refractivity contribution is 7.99. The van der Waals surface area contributed by atoms with Crippen LogP contribution in [0.1, 0.15) is 36.8 Å². The van der Waals surface area contributed by atoms with Crippen molar-refractivity contribution in [2.45, 2.75) is 38.5 Å². The second-order valence-corrected chi connectivity index (χ2v) is 17.5. The predicted molar refractivity (Wildman–Crippen MR) is 213 cm³/mol. The Bertz CT molecular complexity index is 1510. The first-order chi connectivity index (χ1) is 23.3. The largest absolute Gasteiger partial charge is 0.162 e. The zero-order valence-electron chi connectivity index (χ0n) is 27.1. The molecule has 0 bridgehead atoms. The van der Waals surface area contributed by atoms with Gasteiger partial charge in [0.1, 0.15) is 0 Å². The summed E-state index contributed by atoms with van der Waals surface area (Å²) in [5, 5.41) is 8.50. The van der Waals surface area contributed by atoms with Gasteiger partial charge < -0.3 is 0 Å². The van der Waals surface area contributed by atoms with Crippen LogP contribution in [0.3, 0.4) is 0 Å². The van der Waals surface area contributed by atoms with Crippen molar-refractivity contribution in [1.82, 2.24) is 0 Å². The highest BCUT2D eigenvalue weighted by Crippen LogP contribution is 2.33. The standard InChI is InChI=1S/C44H44P2S/c1-5-19-39(20-6-1)45(40-21-7-2-8-22-40)43-31-27-37(28-32-43)17-13-15-35-47-36-16-14-18-38-29-33-44(34-30-38)46(41-23-9-3-10-24-41)42-25-11-4-12-26-42/h1-12,19-34H,13-18,35-36H2. The summed E-state index contributed by atoms with van der Waals surface area (Å²) < 4.78 is 0. The molecule has 0 aromatic heterocycles. The van der Waals surface area contributed by atoms with E-state index in [1.807, 2.05) is 0 Å². The van der Waals surface area contributed by atoms with Crippen molar-refractivity contribution < 1.29 is 0 Å². The Morgan fingerprint density at radius 3 is 0.872 bits per heavy atom. The molecule has 47 heavy (non-hydrogen) atoms. The van der Waals surface area contributed by atoms with Gasteiger partial charge in [-0.05, 0) is 109 Å². The first-order valence-corrected chi connectivity index (χ1v) is 20.7. The fourth-order valence-corrected chi connectivity index (χ4v) is 11.6. The van der Waals surface area contributed by atoms with Gasteiger partial charge in [0.25, 0.3) is 0 Å². The molecule has 0 heterocycles. The van der Waals surface area contributed by atoms with Gasteiger partial charge in [-0.2, -0.15) is 11.8 Å². The molecule has 0 aliphatic heterocycles. The van der Waals surface area contributed by atoms with Gasteiger partial charge in [0.05, 0.1) is 0 Å². The van der Waals surface area contributed by atoms with Crippen molar-refractivity contribution in [3.05, 3.63) is 181 Å². The maximum Gasteiger partial charge on any atom is -0.00674 e. The molecule has 6 rings (SSSR count). The molecule has 6 aromatic rings. The van der Waals surface area contributed by atoms with E-state index < -0.39 is 15.8 Å². The molecule has 0 atom stereocenters. The van der Waals surface area contributed by atoms with E-state index in [1.54, 1.807) is 0 Å². The van der Waals surface area contributed by atoms with E-state index >= 15 is 0 Å². The molecule has 3 heteroatoms. The zero-order chi connectivity index (χ0) is 31.9. The number of thioether (sulfide) groups is 1. The monoisotopic (exact) mass is 666 g/mol. The normalized spacial score (nSPS) is 11.3. The maximum absolute atomic E-state index is 2.37. The van der Waals surface area contributed by atoms with E-state index in [0.717, 1.165) is 0 Å². The highest BCUT2D eigenvalue weighted by atomic mass is 32.2. The molecule has 0 unspecified atom stereocenters. The van der Waals surface area contributed by atoms with Crippen LogP contribution in [0.5, 0.6) is 0 Å². The molecule has 0 aliphatic rings. The Morgan fingerprint density at radius 2 is 0.574 bits per heavy atom. The molecule has 0 amide bonds. The minimum absolute atomic E-state index is 0.524. The number of unbranched alkanes of at least 4 members (excludes halogenated alkanes) is 2. The molecule has 0 saturated heterocycles. The molecule has 0 fully saturated rings. The summed E-state index contributed by atoms with van der Waals surface area (Å²) in [7, 11) is -1.05. The maximum atomic E-state index is 2.37. The van der Waals surface area contributed by atoms with Gasteiger partial charge in [0.15, 0.2) is 0 Å². The fourth-order valence-electron chi connectivity index (χ4n) is 5.99. The minimum Gasteiger partial charge on any atom is -0.162 e. The van der Waals surface area contributed by atoms with Gasteiger partial charge in [0, 0.05) is 0 Å². The van der Waals surface area contributed by atoms with Crippen LogP contribution >= 0.6 is 27.6 Å². The minimum atomic E-state index is -0.524. The number of rotatable bonds is 16. The van der Waals surface area contributed by atoms with Crippen LogP contribution in [0.4, 0.5) is 0 Å². The highest BCUT2D eigenvalue weighted by Gasteiger charge is 2.17. The van der Waals surface area contributed by atoms with Crippen LogP contribution in [0.2, 0.25) is 0 Å². The Labute approximate surface area is 289 Å². The Kier molecular flexibility index (Phi) is 12.9. The zero-order valence-corrected chi connectivity index (χ0v) is 29.7. The topological polar surface area (TPSA) is 0 Å². The summed E-state index contributed by atoms with van der Waals surface area (Å²) in [6.07, 6.45) is 7.45. The average Bonchev–Trinajstić information content (AvgIpc) is 3.14. The smallest absolute Gasteiger partial charge is 0.00674 e. The number of hydrogen-bond donors (Lipinski definition) is 0. The van der Waals surface area contributed by atoms with Crippen LogP contribution < -0.4 is 31.8 Å². The lowest BCUT2D eigenvalue weighted by atomic mass is 10.1. The third kappa shape index (κ3) is 9.78. The van der Waals surface area contributed by atoms with Gasteiger partial charge in [-0.15, -0.1) is 0 Å². The number of benzene rings is 6. The van der Waals surface area contributed by atoms with E-state index in [4.69, 9.17) is 0 Å². The van der Waals surface area contributed by atoms with Crippen LogP contribution in [0.15, 0.2) is 170 Å². The lowest BCUT2D eigenvalue weighted by Crippen LogP contribution is -2.20. The fraction of sp³-hybridized carbons (Fsp3) is 0.182. The van der Waals surface area contributed by atoms with Crippen molar-refractivity contribution in [2.75, 3.05) is 11.5 Å². The summed E-state index contributed by atoms with van der Waals surface area (Å²) in [5.74, 6) is 2.53. The van der Waals surface area contributed by atoms with E-state index in [2.05, 4.69) is 182 Å². The van der Waals surface area contributed by atoms with Crippen LogP contribution in [-0.4, -0.2) is 11.5 Å². The van der Waals surface area contributed by atoms with Gasteiger partial charge in [-0.1, -0.05) is 170 Å². The molecule has 0 radical (unpaired) electrons. The molecular weight excluding hydrogens is 622 g/mol. The third-order valence-electron chi connectivity index (χ3n) is 8.45. The molecule has 236 valence electrons. The second-order valence-electron chi connectivity index (χ2n) is 11.9. The van der Waals surface area contributed by atoms with Crippen molar-refractivity contribution in [3.8, 4) is 0 Å². The summed E-state index contributed by atoms with van der Waals surface area (Å²) in [6.45, 7) is 0. The van der Waals surface area contributed by atoms with Crippen LogP contribution in [0.25, 0.3) is 0 Å². The van der Waals surface area contributed by atoms with E-state index in [9.17, 15) is 0 Å².